The van der Waals surface area contributed by atoms with Gasteiger partial charge in [-0.3, -0.25) is 4.79 Å². The minimum Gasteiger partial charge on any atom is -0.335 e. The summed E-state index contributed by atoms with van der Waals surface area (Å²) < 4.78 is 26.7. The Morgan fingerprint density at radius 3 is 2.21 bits per heavy atom. The number of nitrogens with zero attached hydrogens (tertiary/aromatic N) is 2. The first kappa shape index (κ1) is 17.4. The summed E-state index contributed by atoms with van der Waals surface area (Å²) in [5.41, 5.74) is 0. The van der Waals surface area contributed by atoms with E-state index >= 15 is 0 Å². The third-order valence-corrected chi connectivity index (χ3v) is 6.85. The van der Waals surface area contributed by atoms with E-state index in [1.807, 2.05) is 4.90 Å². The van der Waals surface area contributed by atoms with Crippen molar-refractivity contribution in [3.63, 3.8) is 0 Å². The summed E-state index contributed by atoms with van der Waals surface area (Å²) in [6.45, 7) is 4.42. The smallest absolute Gasteiger partial charge is 0.277 e. The van der Waals surface area contributed by atoms with Crippen molar-refractivity contribution in [3.8, 4) is 0 Å². The molecule has 0 aromatic heterocycles. The molecule has 1 aromatic carbocycles. The number of hydrogen-bond donors (Lipinski definition) is 1. The fourth-order valence-corrected chi connectivity index (χ4v) is 4.92. The average Bonchev–Trinajstić information content (AvgIpc) is 2.63. The van der Waals surface area contributed by atoms with Crippen LogP contribution >= 0.6 is 0 Å². The van der Waals surface area contributed by atoms with E-state index in [0.29, 0.717) is 37.6 Å². The lowest BCUT2D eigenvalue weighted by Gasteiger charge is -2.34. The number of hydrogen-bond acceptors (Lipinski definition) is 3. The Morgan fingerprint density at radius 2 is 1.58 bits per heavy atom. The highest BCUT2D eigenvalue weighted by molar-refractivity contribution is 7.89. The topological polar surface area (TPSA) is 62.1 Å². The highest BCUT2D eigenvalue weighted by atomic mass is 32.2. The fraction of sp³-hybridized carbons (Fsp3) is 0.588. The number of benzene rings is 1. The fourth-order valence-electron chi connectivity index (χ4n) is 3.47. The highest BCUT2D eigenvalue weighted by Gasteiger charge is 2.31. The Kier molecular flexibility index (Phi) is 5.53. The molecule has 0 aliphatic carbocycles. The maximum Gasteiger partial charge on any atom is 0.277 e. The summed E-state index contributed by atoms with van der Waals surface area (Å²) in [6.07, 6.45) is 3.67. The molecule has 1 aromatic rings. The van der Waals surface area contributed by atoms with Crippen molar-refractivity contribution < 1.29 is 18.1 Å². The van der Waals surface area contributed by atoms with E-state index in [-0.39, 0.29) is 5.91 Å². The van der Waals surface area contributed by atoms with Crippen molar-refractivity contribution >= 4 is 15.9 Å². The summed E-state index contributed by atoms with van der Waals surface area (Å²) >= 11 is 0. The van der Waals surface area contributed by atoms with Gasteiger partial charge in [-0.2, -0.15) is 4.31 Å². The number of sulfonamides is 1. The molecular formula is C17H26N3O3S+. The maximum atomic E-state index is 12.6. The Labute approximate surface area is 144 Å². The lowest BCUT2D eigenvalue weighted by Crippen LogP contribution is -3.13. The third-order valence-electron chi connectivity index (χ3n) is 4.93. The van der Waals surface area contributed by atoms with Gasteiger partial charge in [-0.1, -0.05) is 18.2 Å². The number of amides is 1. The van der Waals surface area contributed by atoms with Gasteiger partial charge in [0.05, 0.1) is 18.0 Å². The summed E-state index contributed by atoms with van der Waals surface area (Å²) in [5, 5.41) is 0. The Hall–Kier alpha value is -1.44. The van der Waals surface area contributed by atoms with Crippen LogP contribution < -0.4 is 4.90 Å². The van der Waals surface area contributed by atoms with Gasteiger partial charge in [-0.15, -0.1) is 0 Å². The van der Waals surface area contributed by atoms with Gasteiger partial charge in [0.1, 0.15) is 0 Å². The number of rotatable bonds is 4. The van der Waals surface area contributed by atoms with Crippen LogP contribution in [0.15, 0.2) is 35.2 Å². The van der Waals surface area contributed by atoms with Gasteiger partial charge in [-0.05, 0) is 31.4 Å². The summed E-state index contributed by atoms with van der Waals surface area (Å²) in [7, 11) is -3.45. The first-order valence-corrected chi connectivity index (χ1v) is 10.2. The van der Waals surface area contributed by atoms with Crippen molar-refractivity contribution in [2.75, 3.05) is 45.8 Å². The number of nitrogens with one attached hydrogen (secondary N) is 1. The second-order valence-corrected chi connectivity index (χ2v) is 8.52. The van der Waals surface area contributed by atoms with Crippen LogP contribution in [0.5, 0.6) is 0 Å². The van der Waals surface area contributed by atoms with Gasteiger partial charge in [0.25, 0.3) is 5.91 Å². The quantitative estimate of drug-likeness (QED) is 0.801. The van der Waals surface area contributed by atoms with Crippen molar-refractivity contribution in [2.45, 2.75) is 24.2 Å². The van der Waals surface area contributed by atoms with Crippen molar-refractivity contribution in [3.05, 3.63) is 30.3 Å². The summed E-state index contributed by atoms with van der Waals surface area (Å²) in [6, 6.07) is 8.50. The van der Waals surface area contributed by atoms with Crippen LogP contribution in [0.2, 0.25) is 0 Å². The summed E-state index contributed by atoms with van der Waals surface area (Å²) in [4.78, 5) is 15.9. The maximum absolute atomic E-state index is 12.6. The normalized spacial score (nSPS) is 20.9. The molecule has 2 heterocycles. The molecule has 132 valence electrons. The second-order valence-electron chi connectivity index (χ2n) is 6.59. The lowest BCUT2D eigenvalue weighted by molar-refractivity contribution is -0.897. The van der Waals surface area contributed by atoms with Crippen LogP contribution in [0.25, 0.3) is 0 Å². The Balaban J connectivity index is 1.54. The molecule has 0 bridgehead atoms. The van der Waals surface area contributed by atoms with Gasteiger partial charge in [-0.25, -0.2) is 8.42 Å². The van der Waals surface area contributed by atoms with Crippen LogP contribution in [0.1, 0.15) is 19.3 Å². The van der Waals surface area contributed by atoms with Crippen LogP contribution in [0, 0.1) is 0 Å². The van der Waals surface area contributed by atoms with Crippen LogP contribution in [-0.2, 0) is 14.8 Å². The molecule has 0 unspecified atom stereocenters. The molecule has 2 aliphatic rings. The van der Waals surface area contributed by atoms with E-state index in [0.717, 1.165) is 13.1 Å². The number of piperazine rings is 1. The number of likely N-dealkylation sites (tertiary alicyclic amines) is 1. The number of carbonyl (C=O) groups excluding carboxylic acids is 1. The van der Waals surface area contributed by atoms with Gasteiger partial charge in [0.2, 0.25) is 10.0 Å². The first-order chi connectivity index (χ1) is 11.6. The molecule has 2 fully saturated rings. The van der Waals surface area contributed by atoms with E-state index in [9.17, 15) is 13.2 Å². The minimum atomic E-state index is -3.45. The molecule has 0 atom stereocenters. The van der Waals surface area contributed by atoms with E-state index in [2.05, 4.69) is 0 Å². The second kappa shape index (κ2) is 7.63. The van der Waals surface area contributed by atoms with Crippen LogP contribution in [-0.4, -0.2) is 69.3 Å². The van der Waals surface area contributed by atoms with Gasteiger partial charge in [0, 0.05) is 26.2 Å². The van der Waals surface area contributed by atoms with Crippen molar-refractivity contribution in [1.82, 2.24) is 9.21 Å². The number of carbonyl (C=O) groups is 1. The average molecular weight is 352 g/mol. The molecule has 1 amide bonds. The van der Waals surface area contributed by atoms with E-state index in [4.69, 9.17) is 0 Å². The molecule has 1 N–H and O–H groups in total. The highest BCUT2D eigenvalue weighted by Crippen LogP contribution is 2.17. The van der Waals surface area contributed by atoms with Gasteiger partial charge < -0.3 is 9.80 Å². The molecule has 24 heavy (non-hydrogen) atoms. The minimum absolute atomic E-state index is 0.156. The SMILES string of the molecule is O=C(C[NH+]1CCCCC1)N1CCN(S(=O)(=O)c2ccccc2)CC1. The largest absolute Gasteiger partial charge is 0.335 e. The molecule has 0 radical (unpaired) electrons. The monoisotopic (exact) mass is 352 g/mol. The Bertz CT molecular complexity index is 649. The Morgan fingerprint density at radius 1 is 0.958 bits per heavy atom. The van der Waals surface area contributed by atoms with Crippen molar-refractivity contribution in [1.29, 1.82) is 0 Å². The molecule has 0 saturated carbocycles. The zero-order valence-corrected chi connectivity index (χ0v) is 14.8. The predicted molar refractivity (Wildman–Crippen MR) is 91.2 cm³/mol. The van der Waals surface area contributed by atoms with Crippen LogP contribution in [0.4, 0.5) is 0 Å². The third kappa shape index (κ3) is 3.96. The zero-order valence-electron chi connectivity index (χ0n) is 14.0. The molecule has 2 aliphatic heterocycles. The molecule has 6 nitrogen and oxygen atoms in total. The summed E-state index contributed by atoms with van der Waals surface area (Å²) in [5.74, 6) is 0.156. The van der Waals surface area contributed by atoms with Crippen molar-refractivity contribution in [2.24, 2.45) is 0 Å². The number of piperidine rings is 1. The molecule has 0 spiro atoms. The standard InChI is InChI=1S/C17H25N3O3S/c21-17(15-18-9-5-2-6-10-18)19-11-13-20(14-12-19)24(22,23)16-7-3-1-4-8-16/h1,3-4,7-8H,2,5-6,9-15H2/p+1. The van der Waals surface area contributed by atoms with Gasteiger partial charge >= 0.3 is 0 Å². The van der Waals surface area contributed by atoms with E-state index in [1.54, 1.807) is 30.3 Å². The predicted octanol–water partition coefficient (Wildman–Crippen LogP) is -0.412. The molecule has 2 saturated heterocycles. The first-order valence-electron chi connectivity index (χ1n) is 8.74. The van der Waals surface area contributed by atoms with Gasteiger partial charge in [0.15, 0.2) is 6.54 Å². The van der Waals surface area contributed by atoms with E-state index in [1.165, 1.54) is 28.5 Å². The lowest BCUT2D eigenvalue weighted by atomic mass is 10.1. The van der Waals surface area contributed by atoms with E-state index < -0.39 is 10.0 Å². The molecule has 3 rings (SSSR count). The molecule has 7 heteroatoms. The van der Waals surface area contributed by atoms with Crippen LogP contribution in [0.3, 0.4) is 0 Å². The zero-order chi connectivity index (χ0) is 17.0. The molecular weight excluding hydrogens is 326 g/mol. The number of quaternary nitrogens is 1.